The van der Waals surface area contributed by atoms with Crippen LogP contribution in [0.5, 0.6) is 0 Å². The quantitative estimate of drug-likeness (QED) is 0.862. The molecule has 3 rings (SSSR count). The summed E-state index contributed by atoms with van der Waals surface area (Å²) in [5, 5.41) is 0. The highest BCUT2D eigenvalue weighted by Crippen LogP contribution is 2.29. The molecule has 0 N–H and O–H groups in total. The van der Waals surface area contributed by atoms with Gasteiger partial charge in [0.25, 0.3) is 0 Å². The van der Waals surface area contributed by atoms with Gasteiger partial charge in [-0.2, -0.15) is 0 Å². The lowest BCUT2D eigenvalue weighted by Gasteiger charge is -2.26. The average Bonchev–Trinajstić information content (AvgIpc) is 2.90. The molecule has 2 aromatic rings. The number of ether oxygens (including phenoxy) is 2. The molecule has 0 aliphatic carbocycles. The van der Waals surface area contributed by atoms with Crippen molar-refractivity contribution in [2.24, 2.45) is 0 Å². The number of para-hydroxylation sites is 2. The topological polar surface area (TPSA) is 47.5 Å². The van der Waals surface area contributed by atoms with Gasteiger partial charge in [-0.15, -0.1) is 0 Å². The number of anilines is 1. The smallest absolute Gasteiger partial charge is 0.151 e. The average molecular weight is 287 g/mol. The Morgan fingerprint density at radius 3 is 2.57 bits per heavy atom. The second-order valence-electron chi connectivity index (χ2n) is 5.48. The summed E-state index contributed by atoms with van der Waals surface area (Å²) in [6.45, 7) is 3.52. The third kappa shape index (κ3) is 2.71. The third-order valence-corrected chi connectivity index (χ3v) is 4.06. The Morgan fingerprint density at radius 2 is 1.90 bits per heavy atom. The van der Waals surface area contributed by atoms with E-state index >= 15 is 0 Å². The zero-order chi connectivity index (χ0) is 14.8. The predicted octanol–water partition coefficient (Wildman–Crippen LogP) is 2.18. The van der Waals surface area contributed by atoms with Gasteiger partial charge < -0.3 is 14.4 Å². The van der Waals surface area contributed by atoms with Crippen LogP contribution in [0.2, 0.25) is 0 Å². The first-order valence-electron chi connectivity index (χ1n) is 7.24. The molecule has 0 spiro atoms. The van der Waals surface area contributed by atoms with Crippen molar-refractivity contribution in [3.63, 3.8) is 0 Å². The second kappa shape index (κ2) is 5.95. The van der Waals surface area contributed by atoms with Crippen molar-refractivity contribution < 1.29 is 9.47 Å². The van der Waals surface area contributed by atoms with E-state index in [1.54, 1.807) is 14.2 Å². The number of rotatable bonds is 4. The van der Waals surface area contributed by atoms with Crippen molar-refractivity contribution in [1.82, 2.24) is 9.97 Å². The number of methoxy groups -OCH3 is 2. The number of benzene rings is 1. The monoisotopic (exact) mass is 287 g/mol. The first kappa shape index (κ1) is 14.2. The first-order valence-corrected chi connectivity index (χ1v) is 7.24. The fourth-order valence-electron chi connectivity index (χ4n) is 3.01. The van der Waals surface area contributed by atoms with E-state index in [0.717, 1.165) is 35.5 Å². The normalized spacial score (nSPS) is 22.1. The van der Waals surface area contributed by atoms with Gasteiger partial charge in [-0.05, 0) is 25.5 Å². The van der Waals surface area contributed by atoms with Gasteiger partial charge in [0, 0.05) is 20.8 Å². The molecule has 1 aliphatic rings. The standard InChI is InChI=1S/C16H21N3O2/c1-11-16(18-15-7-5-4-6-14(15)17-11)19-9-13(21-3)8-12(19)10-20-2/h4-7,12-13H,8-10H2,1-3H3/t12-,13+/m0/s1. The van der Waals surface area contributed by atoms with Crippen LogP contribution >= 0.6 is 0 Å². The highest BCUT2D eigenvalue weighted by molar-refractivity contribution is 5.76. The van der Waals surface area contributed by atoms with Crippen LogP contribution in [0.1, 0.15) is 12.1 Å². The summed E-state index contributed by atoms with van der Waals surface area (Å²) < 4.78 is 10.9. The van der Waals surface area contributed by atoms with Gasteiger partial charge in [0.2, 0.25) is 0 Å². The molecule has 2 atom stereocenters. The maximum absolute atomic E-state index is 5.52. The lowest BCUT2D eigenvalue weighted by atomic mass is 10.2. The van der Waals surface area contributed by atoms with E-state index < -0.39 is 0 Å². The van der Waals surface area contributed by atoms with Crippen LogP contribution in [0.3, 0.4) is 0 Å². The minimum atomic E-state index is 0.220. The van der Waals surface area contributed by atoms with Crippen LogP contribution in [0.15, 0.2) is 24.3 Å². The van der Waals surface area contributed by atoms with E-state index in [1.807, 2.05) is 31.2 Å². The summed E-state index contributed by atoms with van der Waals surface area (Å²) in [6.07, 6.45) is 1.18. The zero-order valence-corrected chi connectivity index (χ0v) is 12.7. The maximum atomic E-state index is 5.52. The molecule has 112 valence electrons. The molecule has 0 unspecified atom stereocenters. The lowest BCUT2D eigenvalue weighted by Crippen LogP contribution is -2.34. The van der Waals surface area contributed by atoms with Crippen molar-refractivity contribution in [2.45, 2.75) is 25.5 Å². The molecule has 0 radical (unpaired) electrons. The fraction of sp³-hybridized carbons (Fsp3) is 0.500. The zero-order valence-electron chi connectivity index (χ0n) is 12.7. The van der Waals surface area contributed by atoms with Crippen molar-refractivity contribution in [2.75, 3.05) is 32.3 Å². The molecular formula is C16H21N3O2. The number of aromatic nitrogens is 2. The van der Waals surface area contributed by atoms with Gasteiger partial charge >= 0.3 is 0 Å². The van der Waals surface area contributed by atoms with E-state index in [-0.39, 0.29) is 12.1 Å². The van der Waals surface area contributed by atoms with Gasteiger partial charge in [0.1, 0.15) is 0 Å². The molecule has 0 bridgehead atoms. The Balaban J connectivity index is 1.99. The molecule has 1 fully saturated rings. The molecule has 1 aromatic carbocycles. The molecule has 1 saturated heterocycles. The molecule has 5 heteroatoms. The highest BCUT2D eigenvalue weighted by atomic mass is 16.5. The summed E-state index contributed by atoms with van der Waals surface area (Å²) in [6, 6.07) is 8.26. The number of fused-ring (bicyclic) bond motifs is 1. The fourth-order valence-corrected chi connectivity index (χ4v) is 3.01. The predicted molar refractivity (Wildman–Crippen MR) is 82.7 cm³/mol. The van der Waals surface area contributed by atoms with Crippen molar-refractivity contribution in [3.8, 4) is 0 Å². The molecule has 1 aromatic heterocycles. The lowest BCUT2D eigenvalue weighted by molar-refractivity contribution is 0.111. The maximum Gasteiger partial charge on any atom is 0.151 e. The largest absolute Gasteiger partial charge is 0.383 e. The minimum Gasteiger partial charge on any atom is -0.383 e. The molecular weight excluding hydrogens is 266 g/mol. The Morgan fingerprint density at radius 1 is 1.19 bits per heavy atom. The molecule has 0 saturated carbocycles. The van der Waals surface area contributed by atoms with Crippen LogP contribution < -0.4 is 4.90 Å². The SMILES string of the molecule is COC[C@@H]1C[C@@H](OC)CN1c1nc2ccccc2nc1C. The number of aryl methyl sites for hydroxylation is 1. The molecule has 5 nitrogen and oxygen atoms in total. The number of hydrogen-bond donors (Lipinski definition) is 0. The van der Waals surface area contributed by atoms with Gasteiger partial charge in [-0.3, -0.25) is 0 Å². The Labute approximate surface area is 124 Å². The Kier molecular flexibility index (Phi) is 4.03. The van der Waals surface area contributed by atoms with Crippen LogP contribution in [0, 0.1) is 6.92 Å². The van der Waals surface area contributed by atoms with Gasteiger partial charge in [-0.1, -0.05) is 12.1 Å². The minimum absolute atomic E-state index is 0.220. The van der Waals surface area contributed by atoms with Crippen LogP contribution in [-0.2, 0) is 9.47 Å². The van der Waals surface area contributed by atoms with E-state index in [0.29, 0.717) is 6.61 Å². The van der Waals surface area contributed by atoms with E-state index in [9.17, 15) is 0 Å². The summed E-state index contributed by atoms with van der Waals surface area (Å²) >= 11 is 0. The summed E-state index contributed by atoms with van der Waals surface area (Å²) in [5.41, 5.74) is 2.81. The van der Waals surface area contributed by atoms with Crippen LogP contribution in [0.25, 0.3) is 11.0 Å². The number of nitrogens with zero attached hydrogens (tertiary/aromatic N) is 3. The summed E-state index contributed by atoms with van der Waals surface area (Å²) in [7, 11) is 3.49. The molecule has 0 amide bonds. The first-order chi connectivity index (χ1) is 10.2. The summed E-state index contributed by atoms with van der Waals surface area (Å²) in [4.78, 5) is 11.8. The Bertz CT molecular complexity index is 632. The van der Waals surface area contributed by atoms with Crippen LogP contribution in [0.4, 0.5) is 5.82 Å². The van der Waals surface area contributed by atoms with E-state index in [1.165, 1.54) is 0 Å². The van der Waals surface area contributed by atoms with Gasteiger partial charge in [0.05, 0.1) is 35.5 Å². The molecule has 2 heterocycles. The van der Waals surface area contributed by atoms with Gasteiger partial charge in [0.15, 0.2) is 5.82 Å². The summed E-state index contributed by atoms with van der Waals surface area (Å²) in [5.74, 6) is 0.940. The van der Waals surface area contributed by atoms with Crippen molar-refractivity contribution in [1.29, 1.82) is 0 Å². The van der Waals surface area contributed by atoms with Crippen LogP contribution in [-0.4, -0.2) is 49.5 Å². The van der Waals surface area contributed by atoms with Crippen molar-refractivity contribution >= 4 is 16.9 Å². The number of hydrogen-bond acceptors (Lipinski definition) is 5. The van der Waals surface area contributed by atoms with Crippen molar-refractivity contribution in [3.05, 3.63) is 30.0 Å². The Hall–Kier alpha value is -1.72. The van der Waals surface area contributed by atoms with E-state index in [2.05, 4.69) is 9.88 Å². The van der Waals surface area contributed by atoms with E-state index in [4.69, 9.17) is 14.5 Å². The highest BCUT2D eigenvalue weighted by Gasteiger charge is 2.34. The third-order valence-electron chi connectivity index (χ3n) is 4.06. The second-order valence-corrected chi connectivity index (χ2v) is 5.48. The molecule has 1 aliphatic heterocycles. The van der Waals surface area contributed by atoms with Gasteiger partial charge in [-0.25, -0.2) is 9.97 Å². The molecule has 21 heavy (non-hydrogen) atoms.